The predicted molar refractivity (Wildman–Crippen MR) is 120 cm³/mol. The van der Waals surface area contributed by atoms with Gasteiger partial charge >= 0.3 is 5.97 Å². The van der Waals surface area contributed by atoms with Crippen molar-refractivity contribution in [3.8, 4) is 5.75 Å². The third-order valence-electron chi connectivity index (χ3n) is 5.50. The highest BCUT2D eigenvalue weighted by Gasteiger charge is 2.28. The first kappa shape index (κ1) is 22.6. The first-order valence-electron chi connectivity index (χ1n) is 10.2. The van der Waals surface area contributed by atoms with Gasteiger partial charge in [-0.3, -0.25) is 4.79 Å². The molecule has 0 amide bonds. The summed E-state index contributed by atoms with van der Waals surface area (Å²) in [6.45, 7) is 2.77. The van der Waals surface area contributed by atoms with Crippen LogP contribution in [0.25, 0.3) is 11.0 Å². The van der Waals surface area contributed by atoms with Crippen LogP contribution in [0, 0.1) is 5.92 Å². The number of hydrogen-bond donors (Lipinski definition) is 0. The van der Waals surface area contributed by atoms with E-state index in [2.05, 4.69) is 4.98 Å². The highest BCUT2D eigenvalue weighted by molar-refractivity contribution is 7.89. The van der Waals surface area contributed by atoms with Crippen LogP contribution in [-0.2, 0) is 39.1 Å². The molecule has 2 aromatic carbocycles. The molecule has 32 heavy (non-hydrogen) atoms. The topological polar surface area (TPSA) is 90.7 Å². The van der Waals surface area contributed by atoms with Crippen LogP contribution in [-0.4, -0.2) is 48.9 Å². The van der Waals surface area contributed by atoms with E-state index in [0.29, 0.717) is 29.3 Å². The molecule has 1 atom stereocenters. The van der Waals surface area contributed by atoms with Gasteiger partial charge in [-0.15, -0.1) is 0 Å². The number of sulfonamides is 1. The van der Waals surface area contributed by atoms with Gasteiger partial charge in [0.05, 0.1) is 21.8 Å². The quantitative estimate of drug-likeness (QED) is 0.506. The van der Waals surface area contributed by atoms with E-state index in [-0.39, 0.29) is 24.1 Å². The highest BCUT2D eigenvalue weighted by Crippen LogP contribution is 2.30. The fourth-order valence-electron chi connectivity index (χ4n) is 3.76. The molecule has 0 radical (unpaired) electrons. The zero-order valence-corrected chi connectivity index (χ0v) is 19.6. The molecule has 10 heteroatoms. The Bertz CT molecular complexity index is 1290. The van der Waals surface area contributed by atoms with E-state index in [1.807, 2.05) is 11.5 Å². The van der Waals surface area contributed by atoms with Gasteiger partial charge in [-0.2, -0.15) is 0 Å². The number of nitrogens with zero attached hydrogens (tertiary/aromatic N) is 3. The van der Waals surface area contributed by atoms with E-state index >= 15 is 0 Å². The number of imidazole rings is 1. The van der Waals surface area contributed by atoms with Crippen molar-refractivity contribution >= 4 is 38.6 Å². The molecule has 0 bridgehead atoms. The summed E-state index contributed by atoms with van der Waals surface area (Å²) in [5, 5.41) is 0.591. The lowest BCUT2D eigenvalue weighted by molar-refractivity contribution is -0.151. The van der Waals surface area contributed by atoms with Crippen molar-refractivity contribution in [2.24, 2.45) is 5.92 Å². The Morgan fingerprint density at radius 1 is 1.28 bits per heavy atom. The molecular weight excluding hydrogens is 454 g/mol. The van der Waals surface area contributed by atoms with Gasteiger partial charge in [0.1, 0.15) is 24.8 Å². The van der Waals surface area contributed by atoms with Gasteiger partial charge in [-0.25, -0.2) is 17.7 Å². The van der Waals surface area contributed by atoms with E-state index in [1.165, 1.54) is 20.2 Å². The maximum Gasteiger partial charge on any atom is 0.313 e. The van der Waals surface area contributed by atoms with Crippen molar-refractivity contribution in [1.29, 1.82) is 0 Å². The first-order valence-corrected chi connectivity index (χ1v) is 12.0. The van der Waals surface area contributed by atoms with Crippen LogP contribution in [0.2, 0.25) is 5.02 Å². The Labute approximate surface area is 191 Å². The summed E-state index contributed by atoms with van der Waals surface area (Å²) in [4.78, 5) is 17.4. The second kappa shape index (κ2) is 8.73. The number of aryl methyl sites for hydroxylation is 1. The SMILES string of the molecule is CCn1c(COC(=O)[C@@H]2COc3ccc(Cl)cc3C2)nc2cc(S(=O)(=O)N(C)C)ccc21. The molecule has 170 valence electrons. The van der Waals surface area contributed by atoms with Gasteiger partial charge in [-0.1, -0.05) is 11.6 Å². The average Bonchev–Trinajstić information content (AvgIpc) is 3.13. The number of rotatable bonds is 6. The standard InChI is InChI=1S/C22H24ClN3O5S/c1-4-26-19-7-6-17(32(28,29)25(2)3)11-18(19)24-21(26)13-31-22(27)15-9-14-10-16(23)5-8-20(14)30-12-15/h5-8,10-11,15H,4,9,12-13H2,1-3H3/t15-/m0/s1. The number of hydrogen-bond acceptors (Lipinski definition) is 6. The molecule has 3 aromatic rings. The van der Waals surface area contributed by atoms with Gasteiger partial charge < -0.3 is 14.0 Å². The molecule has 8 nitrogen and oxygen atoms in total. The monoisotopic (exact) mass is 477 g/mol. The molecule has 1 aromatic heterocycles. The van der Waals surface area contributed by atoms with Gasteiger partial charge in [0, 0.05) is 25.7 Å². The summed E-state index contributed by atoms with van der Waals surface area (Å²) < 4.78 is 39.2. The summed E-state index contributed by atoms with van der Waals surface area (Å²) in [5.41, 5.74) is 2.19. The Balaban J connectivity index is 1.52. The van der Waals surface area contributed by atoms with Crippen molar-refractivity contribution in [3.63, 3.8) is 0 Å². The average molecular weight is 478 g/mol. The number of aromatic nitrogens is 2. The number of ether oxygens (including phenoxy) is 2. The highest BCUT2D eigenvalue weighted by atomic mass is 35.5. The zero-order chi connectivity index (χ0) is 23.0. The van der Waals surface area contributed by atoms with Gasteiger partial charge in [0.25, 0.3) is 0 Å². The summed E-state index contributed by atoms with van der Waals surface area (Å²) in [6.07, 6.45) is 0.491. The fraction of sp³-hybridized carbons (Fsp3) is 0.364. The Hall–Kier alpha value is -2.62. The molecule has 0 spiro atoms. The maximum atomic E-state index is 12.7. The molecule has 1 aliphatic rings. The van der Waals surface area contributed by atoms with Gasteiger partial charge in [-0.05, 0) is 55.3 Å². The third kappa shape index (κ3) is 4.20. The molecule has 0 aliphatic carbocycles. The van der Waals surface area contributed by atoms with Crippen molar-refractivity contribution in [2.45, 2.75) is 31.4 Å². The van der Waals surface area contributed by atoms with E-state index in [0.717, 1.165) is 21.1 Å². The molecule has 0 saturated heterocycles. The van der Waals surface area contributed by atoms with Crippen LogP contribution in [0.5, 0.6) is 5.75 Å². The second-order valence-electron chi connectivity index (χ2n) is 7.78. The predicted octanol–water partition coefficient (Wildman–Crippen LogP) is 3.25. The minimum atomic E-state index is -3.57. The van der Waals surface area contributed by atoms with Crippen molar-refractivity contribution < 1.29 is 22.7 Å². The molecule has 4 rings (SSSR count). The minimum Gasteiger partial charge on any atom is -0.492 e. The number of fused-ring (bicyclic) bond motifs is 2. The minimum absolute atomic E-state index is 0.0178. The van der Waals surface area contributed by atoms with E-state index in [4.69, 9.17) is 21.1 Å². The summed E-state index contributed by atoms with van der Waals surface area (Å²) in [7, 11) is -0.606. The fourth-order valence-corrected chi connectivity index (χ4v) is 4.88. The summed E-state index contributed by atoms with van der Waals surface area (Å²) in [6, 6.07) is 10.2. The van der Waals surface area contributed by atoms with E-state index in [9.17, 15) is 13.2 Å². The van der Waals surface area contributed by atoms with Crippen LogP contribution in [0.1, 0.15) is 18.3 Å². The normalized spacial score (nSPS) is 16.1. The lowest BCUT2D eigenvalue weighted by atomic mass is 9.97. The van der Waals surface area contributed by atoms with E-state index < -0.39 is 15.9 Å². The third-order valence-corrected chi connectivity index (χ3v) is 7.55. The lowest BCUT2D eigenvalue weighted by Gasteiger charge is -2.24. The summed E-state index contributed by atoms with van der Waals surface area (Å²) in [5.74, 6) is 0.476. The molecule has 0 fully saturated rings. The number of esters is 1. The smallest absolute Gasteiger partial charge is 0.313 e. The largest absolute Gasteiger partial charge is 0.492 e. The Kier molecular flexibility index (Phi) is 6.15. The van der Waals surface area contributed by atoms with Crippen LogP contribution < -0.4 is 4.74 Å². The lowest BCUT2D eigenvalue weighted by Crippen LogP contribution is -2.30. The van der Waals surface area contributed by atoms with Crippen molar-refractivity contribution in [2.75, 3.05) is 20.7 Å². The van der Waals surface area contributed by atoms with E-state index in [1.54, 1.807) is 30.3 Å². The van der Waals surface area contributed by atoms with Gasteiger partial charge in [0.15, 0.2) is 0 Å². The molecular formula is C22H24ClN3O5S. The number of carbonyl (C=O) groups is 1. The Morgan fingerprint density at radius 2 is 2.06 bits per heavy atom. The van der Waals surface area contributed by atoms with Crippen LogP contribution >= 0.6 is 11.6 Å². The molecule has 0 saturated carbocycles. The van der Waals surface area contributed by atoms with Crippen LogP contribution in [0.4, 0.5) is 0 Å². The maximum absolute atomic E-state index is 12.7. The summed E-state index contributed by atoms with van der Waals surface area (Å²) >= 11 is 6.05. The molecule has 2 heterocycles. The Morgan fingerprint density at radius 3 is 2.78 bits per heavy atom. The second-order valence-corrected chi connectivity index (χ2v) is 10.4. The van der Waals surface area contributed by atoms with Crippen LogP contribution in [0.3, 0.4) is 0 Å². The van der Waals surface area contributed by atoms with Crippen molar-refractivity contribution in [3.05, 3.63) is 52.8 Å². The molecule has 1 aliphatic heterocycles. The number of halogens is 1. The first-order chi connectivity index (χ1) is 15.2. The molecule has 0 N–H and O–H groups in total. The zero-order valence-electron chi connectivity index (χ0n) is 18.0. The van der Waals surface area contributed by atoms with Crippen molar-refractivity contribution in [1.82, 2.24) is 13.9 Å². The van der Waals surface area contributed by atoms with Gasteiger partial charge in [0.2, 0.25) is 10.0 Å². The number of benzene rings is 2. The van der Waals surface area contributed by atoms with Crippen LogP contribution in [0.15, 0.2) is 41.3 Å². The molecule has 0 unspecified atom stereocenters. The number of carbonyl (C=O) groups excluding carboxylic acids is 1.